The van der Waals surface area contributed by atoms with Crippen LogP contribution < -0.4 is 9.64 Å². The number of nitrogens with zero attached hydrogens (tertiary/aromatic N) is 3. The Labute approximate surface area is 258 Å². The predicted octanol–water partition coefficient (Wildman–Crippen LogP) is 9.38. The molecular weight excluding hydrogens is 554 g/mol. The number of imidazole rings is 2. The van der Waals surface area contributed by atoms with Gasteiger partial charge in [0.25, 0.3) is 0 Å². The molecular formula is C39H25N5O. The third-order valence-corrected chi connectivity index (χ3v) is 9.27. The van der Waals surface area contributed by atoms with Crippen LogP contribution in [0.5, 0.6) is 11.5 Å². The Kier molecular flexibility index (Phi) is 4.83. The van der Waals surface area contributed by atoms with Gasteiger partial charge >= 0.3 is 0 Å². The number of hydrogen-bond acceptors (Lipinski definition) is 4. The van der Waals surface area contributed by atoms with Crippen LogP contribution in [0.25, 0.3) is 33.2 Å². The zero-order valence-electron chi connectivity index (χ0n) is 24.0. The van der Waals surface area contributed by atoms with Crippen molar-refractivity contribution in [2.75, 3.05) is 4.90 Å². The molecule has 6 aromatic carbocycles. The number of benzene rings is 6. The summed E-state index contributed by atoms with van der Waals surface area (Å²) in [6.07, 6.45) is 0. The predicted molar refractivity (Wildman–Crippen MR) is 178 cm³/mol. The van der Waals surface area contributed by atoms with Crippen molar-refractivity contribution in [3.8, 4) is 22.6 Å². The number of anilines is 3. The fourth-order valence-electron chi connectivity index (χ4n) is 7.49. The summed E-state index contributed by atoms with van der Waals surface area (Å²) in [6.45, 7) is 0. The highest BCUT2D eigenvalue weighted by molar-refractivity contribution is 5.98. The summed E-state index contributed by atoms with van der Waals surface area (Å²) in [5.41, 5.74) is 11.1. The smallest absolute Gasteiger partial charge is 0.215 e. The lowest BCUT2D eigenvalue weighted by Gasteiger charge is -2.39. The molecule has 0 amide bonds. The summed E-state index contributed by atoms with van der Waals surface area (Å²) >= 11 is 0. The first-order valence-electron chi connectivity index (χ1n) is 15.1. The first-order valence-corrected chi connectivity index (χ1v) is 15.1. The number of nitrogens with one attached hydrogen (secondary N) is 2. The maximum Gasteiger partial charge on any atom is 0.215 e. The average molecular weight is 580 g/mol. The zero-order chi connectivity index (χ0) is 29.5. The molecule has 212 valence electrons. The molecule has 2 aliphatic rings. The molecule has 1 spiro atoms. The second-order valence-electron chi connectivity index (χ2n) is 11.6. The number of para-hydroxylation sites is 6. The summed E-state index contributed by atoms with van der Waals surface area (Å²) in [5.74, 6) is 3.12. The van der Waals surface area contributed by atoms with E-state index >= 15 is 0 Å². The Balaban J connectivity index is 1.32. The molecule has 8 aromatic rings. The van der Waals surface area contributed by atoms with Crippen molar-refractivity contribution in [2.24, 2.45) is 0 Å². The Bertz CT molecular complexity index is 2270. The third-order valence-electron chi connectivity index (χ3n) is 9.27. The summed E-state index contributed by atoms with van der Waals surface area (Å²) in [6, 6.07) is 48.5. The number of aromatic nitrogens is 4. The Morgan fingerprint density at radius 1 is 0.489 bits per heavy atom. The molecule has 45 heavy (non-hydrogen) atoms. The van der Waals surface area contributed by atoms with E-state index in [1.165, 1.54) is 16.7 Å². The van der Waals surface area contributed by atoms with Crippen molar-refractivity contribution in [3.63, 3.8) is 0 Å². The standard InChI is InChI=1S/C39H25N5O/c1-2-13-25-24(12-1)36-28(39(25)26-14-3-9-22-34(26)45-35-23-10-4-15-27(35)39)16-11-21-33(36)44(37-40-29-17-5-6-18-30(29)41-37)38-42-31-19-7-8-20-32(31)43-38/h1-23H,(H,40,41)(H,42,43). The van der Waals surface area contributed by atoms with E-state index in [1.807, 2.05) is 48.5 Å². The molecule has 1 aliphatic carbocycles. The van der Waals surface area contributed by atoms with Crippen LogP contribution in [0, 0.1) is 0 Å². The highest BCUT2D eigenvalue weighted by Gasteiger charge is 2.52. The molecule has 0 bridgehead atoms. The van der Waals surface area contributed by atoms with Crippen LogP contribution >= 0.6 is 0 Å². The minimum absolute atomic E-state index is 0.569. The third kappa shape index (κ3) is 3.23. The zero-order valence-corrected chi connectivity index (χ0v) is 24.0. The van der Waals surface area contributed by atoms with Crippen LogP contribution in [0.15, 0.2) is 140 Å². The quantitative estimate of drug-likeness (QED) is 0.219. The van der Waals surface area contributed by atoms with Gasteiger partial charge in [-0.15, -0.1) is 0 Å². The van der Waals surface area contributed by atoms with Crippen LogP contribution in [-0.2, 0) is 5.41 Å². The van der Waals surface area contributed by atoms with Crippen LogP contribution in [0.2, 0.25) is 0 Å². The minimum Gasteiger partial charge on any atom is -0.457 e. The molecule has 6 heteroatoms. The monoisotopic (exact) mass is 579 g/mol. The Morgan fingerprint density at radius 3 is 1.62 bits per heavy atom. The highest BCUT2D eigenvalue weighted by Crippen LogP contribution is 2.63. The van der Waals surface area contributed by atoms with Gasteiger partial charge < -0.3 is 14.7 Å². The highest BCUT2D eigenvalue weighted by atomic mass is 16.5. The minimum atomic E-state index is -0.569. The fourth-order valence-corrected chi connectivity index (χ4v) is 7.49. The van der Waals surface area contributed by atoms with Crippen LogP contribution in [-0.4, -0.2) is 19.9 Å². The molecule has 0 radical (unpaired) electrons. The van der Waals surface area contributed by atoms with Gasteiger partial charge in [-0.05, 0) is 59.2 Å². The normalized spacial score (nSPS) is 13.7. The van der Waals surface area contributed by atoms with Gasteiger partial charge in [0.15, 0.2) is 0 Å². The van der Waals surface area contributed by atoms with E-state index in [9.17, 15) is 0 Å². The second kappa shape index (κ2) is 8.94. The maximum absolute atomic E-state index is 6.54. The van der Waals surface area contributed by atoms with Crippen molar-refractivity contribution in [2.45, 2.75) is 5.41 Å². The lowest BCUT2D eigenvalue weighted by molar-refractivity contribution is 0.436. The topological polar surface area (TPSA) is 69.8 Å². The second-order valence-corrected chi connectivity index (χ2v) is 11.6. The molecule has 1 aliphatic heterocycles. The summed E-state index contributed by atoms with van der Waals surface area (Å²) < 4.78 is 6.54. The van der Waals surface area contributed by atoms with E-state index in [2.05, 4.69) is 106 Å². The molecule has 2 N–H and O–H groups in total. The van der Waals surface area contributed by atoms with E-state index in [-0.39, 0.29) is 0 Å². The van der Waals surface area contributed by atoms with E-state index in [1.54, 1.807) is 0 Å². The first-order chi connectivity index (χ1) is 22.3. The molecule has 0 saturated carbocycles. The largest absolute Gasteiger partial charge is 0.457 e. The van der Waals surface area contributed by atoms with Gasteiger partial charge in [-0.3, -0.25) is 0 Å². The van der Waals surface area contributed by atoms with Gasteiger partial charge in [0.05, 0.1) is 33.2 Å². The van der Waals surface area contributed by atoms with Gasteiger partial charge in [-0.25, -0.2) is 14.9 Å². The summed E-state index contributed by atoms with van der Waals surface area (Å²) in [4.78, 5) is 19.5. The SMILES string of the molecule is c1ccc2c(c1)Oc1ccccc1C21c2ccccc2-c2c(N(c3nc4ccccc4[nH]3)c3nc4ccccc4[nH]3)cccc21. The van der Waals surface area contributed by atoms with Crippen molar-refractivity contribution in [3.05, 3.63) is 162 Å². The van der Waals surface area contributed by atoms with Crippen molar-refractivity contribution in [1.29, 1.82) is 0 Å². The van der Waals surface area contributed by atoms with Crippen LogP contribution in [0.3, 0.4) is 0 Å². The van der Waals surface area contributed by atoms with Gasteiger partial charge in [0.1, 0.15) is 11.5 Å². The number of H-pyrrole nitrogens is 2. The molecule has 6 nitrogen and oxygen atoms in total. The van der Waals surface area contributed by atoms with Crippen molar-refractivity contribution in [1.82, 2.24) is 19.9 Å². The molecule has 10 rings (SSSR count). The van der Waals surface area contributed by atoms with Gasteiger partial charge in [0, 0.05) is 16.7 Å². The van der Waals surface area contributed by atoms with Crippen LogP contribution in [0.1, 0.15) is 22.3 Å². The molecule has 3 heterocycles. The number of fused-ring (bicyclic) bond motifs is 11. The molecule has 0 fully saturated rings. The van der Waals surface area contributed by atoms with E-state index in [0.29, 0.717) is 11.9 Å². The molecule has 2 aromatic heterocycles. The lowest BCUT2D eigenvalue weighted by atomic mass is 9.66. The van der Waals surface area contributed by atoms with E-state index < -0.39 is 5.41 Å². The van der Waals surface area contributed by atoms with Gasteiger partial charge in [-0.2, -0.15) is 0 Å². The average Bonchev–Trinajstić information content (AvgIpc) is 3.79. The summed E-state index contributed by atoms with van der Waals surface area (Å²) in [7, 11) is 0. The van der Waals surface area contributed by atoms with Crippen molar-refractivity contribution < 1.29 is 4.74 Å². The first kappa shape index (κ1) is 24.3. The number of rotatable bonds is 3. The molecule has 0 atom stereocenters. The van der Waals surface area contributed by atoms with E-state index in [0.717, 1.165) is 55.9 Å². The summed E-state index contributed by atoms with van der Waals surface area (Å²) in [5, 5.41) is 0. The lowest BCUT2D eigenvalue weighted by Crippen LogP contribution is -2.32. The van der Waals surface area contributed by atoms with E-state index in [4.69, 9.17) is 14.7 Å². The van der Waals surface area contributed by atoms with Crippen molar-refractivity contribution >= 4 is 39.7 Å². The van der Waals surface area contributed by atoms with Gasteiger partial charge in [-0.1, -0.05) is 97.1 Å². The fraction of sp³-hybridized carbons (Fsp3) is 0.0256. The Hall–Kier alpha value is -6.14. The number of ether oxygens (including phenoxy) is 1. The Morgan fingerprint density at radius 2 is 1.00 bits per heavy atom. The maximum atomic E-state index is 6.54. The van der Waals surface area contributed by atoms with Gasteiger partial charge in [0.2, 0.25) is 11.9 Å². The molecule has 0 unspecified atom stereocenters. The van der Waals surface area contributed by atoms with Crippen LogP contribution in [0.4, 0.5) is 17.6 Å². The number of hydrogen-bond donors (Lipinski definition) is 2. The number of aromatic amines is 2. The molecule has 0 saturated heterocycles.